The number of fused-ring (bicyclic) bond motifs is 1. The van der Waals surface area contributed by atoms with Crippen LogP contribution in [0.4, 0.5) is 5.69 Å². The van der Waals surface area contributed by atoms with E-state index in [9.17, 15) is 0 Å². The van der Waals surface area contributed by atoms with Gasteiger partial charge in [-0.15, -0.1) is 0 Å². The van der Waals surface area contributed by atoms with Crippen molar-refractivity contribution in [2.24, 2.45) is 7.05 Å². The van der Waals surface area contributed by atoms with Gasteiger partial charge in [0.2, 0.25) is 0 Å². The van der Waals surface area contributed by atoms with Crippen molar-refractivity contribution in [1.82, 2.24) is 14.8 Å². The van der Waals surface area contributed by atoms with Crippen molar-refractivity contribution >= 4 is 16.6 Å². The summed E-state index contributed by atoms with van der Waals surface area (Å²) in [6, 6.07) is 8.45. The zero-order valence-corrected chi connectivity index (χ0v) is 12.1. The minimum atomic E-state index is 0.445. The summed E-state index contributed by atoms with van der Waals surface area (Å²) < 4.78 is 1.89. The molecule has 0 saturated carbocycles. The van der Waals surface area contributed by atoms with Crippen LogP contribution in [0.1, 0.15) is 31.0 Å². The summed E-state index contributed by atoms with van der Waals surface area (Å²) in [5.41, 5.74) is 4.73. The van der Waals surface area contributed by atoms with E-state index in [-0.39, 0.29) is 0 Å². The molecule has 0 aliphatic heterocycles. The Morgan fingerprint density at radius 1 is 1.30 bits per heavy atom. The van der Waals surface area contributed by atoms with Gasteiger partial charge in [0, 0.05) is 48.1 Å². The summed E-state index contributed by atoms with van der Waals surface area (Å²) in [6.07, 6.45) is 4.06. The summed E-state index contributed by atoms with van der Waals surface area (Å²) in [5.74, 6) is 0.445. The largest absolute Gasteiger partial charge is 0.381 e. The first kappa shape index (κ1) is 12.8. The van der Waals surface area contributed by atoms with E-state index in [0.717, 1.165) is 12.2 Å². The molecule has 2 aromatic heterocycles. The SMILES string of the molecule is CC(C)c1nn(C)cc1CNc1ccc2[nH]ccc2c1. The molecule has 0 spiro atoms. The molecular formula is C16H20N4. The quantitative estimate of drug-likeness (QED) is 0.759. The lowest BCUT2D eigenvalue weighted by Gasteiger charge is -2.08. The van der Waals surface area contributed by atoms with Crippen LogP contribution < -0.4 is 5.32 Å². The van der Waals surface area contributed by atoms with Crippen LogP contribution in [0.3, 0.4) is 0 Å². The monoisotopic (exact) mass is 268 g/mol. The fourth-order valence-corrected chi connectivity index (χ4v) is 2.54. The maximum absolute atomic E-state index is 4.54. The van der Waals surface area contributed by atoms with Crippen molar-refractivity contribution in [3.63, 3.8) is 0 Å². The lowest BCUT2D eigenvalue weighted by molar-refractivity contribution is 0.712. The first-order chi connectivity index (χ1) is 9.63. The van der Waals surface area contributed by atoms with Gasteiger partial charge >= 0.3 is 0 Å². The van der Waals surface area contributed by atoms with Gasteiger partial charge in [-0.3, -0.25) is 4.68 Å². The first-order valence-electron chi connectivity index (χ1n) is 6.97. The molecule has 0 aliphatic rings. The van der Waals surface area contributed by atoms with E-state index in [1.165, 1.54) is 22.2 Å². The molecule has 2 heterocycles. The Morgan fingerprint density at radius 2 is 2.15 bits per heavy atom. The van der Waals surface area contributed by atoms with Gasteiger partial charge in [-0.2, -0.15) is 5.10 Å². The van der Waals surface area contributed by atoms with Crippen LogP contribution in [0.2, 0.25) is 0 Å². The van der Waals surface area contributed by atoms with Crippen LogP contribution in [0.5, 0.6) is 0 Å². The van der Waals surface area contributed by atoms with Gasteiger partial charge in [-0.25, -0.2) is 0 Å². The lowest BCUT2D eigenvalue weighted by atomic mass is 10.1. The van der Waals surface area contributed by atoms with Crippen LogP contribution in [0.25, 0.3) is 10.9 Å². The van der Waals surface area contributed by atoms with Crippen molar-refractivity contribution < 1.29 is 0 Å². The molecule has 4 nitrogen and oxygen atoms in total. The highest BCUT2D eigenvalue weighted by Gasteiger charge is 2.11. The molecule has 0 fully saturated rings. The predicted octanol–water partition coefficient (Wildman–Crippen LogP) is 3.64. The maximum Gasteiger partial charge on any atom is 0.0699 e. The zero-order valence-electron chi connectivity index (χ0n) is 12.1. The molecule has 2 N–H and O–H groups in total. The molecule has 0 amide bonds. The van der Waals surface area contributed by atoms with E-state index in [0.29, 0.717) is 5.92 Å². The van der Waals surface area contributed by atoms with Gasteiger partial charge in [0.25, 0.3) is 0 Å². The number of anilines is 1. The summed E-state index contributed by atoms with van der Waals surface area (Å²) in [7, 11) is 1.97. The van der Waals surface area contributed by atoms with Crippen LogP contribution in [-0.4, -0.2) is 14.8 Å². The van der Waals surface area contributed by atoms with Gasteiger partial charge in [-0.05, 0) is 30.2 Å². The summed E-state index contributed by atoms with van der Waals surface area (Å²) in [4.78, 5) is 3.21. The fraction of sp³-hybridized carbons (Fsp3) is 0.312. The standard InChI is InChI=1S/C16H20N4/c1-11(2)16-13(10-20(3)19-16)9-18-14-4-5-15-12(8-14)6-7-17-15/h4-8,10-11,17-18H,9H2,1-3H3. The highest BCUT2D eigenvalue weighted by atomic mass is 15.3. The van der Waals surface area contributed by atoms with Crippen molar-refractivity contribution in [3.05, 3.63) is 47.9 Å². The van der Waals surface area contributed by atoms with Crippen LogP contribution in [0.15, 0.2) is 36.7 Å². The zero-order chi connectivity index (χ0) is 14.1. The molecule has 0 unspecified atom stereocenters. The molecule has 0 saturated heterocycles. The summed E-state index contributed by atoms with van der Waals surface area (Å²) in [5, 5.41) is 9.25. The Morgan fingerprint density at radius 3 is 2.95 bits per heavy atom. The third-order valence-corrected chi connectivity index (χ3v) is 3.52. The number of nitrogens with zero attached hydrogens (tertiary/aromatic N) is 2. The molecule has 3 aromatic rings. The number of aromatic nitrogens is 3. The lowest BCUT2D eigenvalue weighted by Crippen LogP contribution is -2.02. The van der Waals surface area contributed by atoms with Crippen molar-refractivity contribution in [1.29, 1.82) is 0 Å². The number of aromatic amines is 1. The molecule has 3 rings (SSSR count). The Bertz CT molecular complexity index is 721. The van der Waals surface area contributed by atoms with E-state index in [4.69, 9.17) is 0 Å². The van der Waals surface area contributed by atoms with Crippen LogP contribution in [-0.2, 0) is 13.6 Å². The molecular weight excluding hydrogens is 248 g/mol. The maximum atomic E-state index is 4.54. The molecule has 0 atom stereocenters. The van der Waals surface area contributed by atoms with E-state index in [1.54, 1.807) is 0 Å². The Labute approximate surface area is 118 Å². The highest BCUT2D eigenvalue weighted by molar-refractivity contribution is 5.82. The first-order valence-corrected chi connectivity index (χ1v) is 6.97. The summed E-state index contributed by atoms with van der Waals surface area (Å²) >= 11 is 0. The van der Waals surface area contributed by atoms with Crippen molar-refractivity contribution in [2.45, 2.75) is 26.3 Å². The topological polar surface area (TPSA) is 45.6 Å². The average molecular weight is 268 g/mol. The Hall–Kier alpha value is -2.23. The molecule has 1 aromatic carbocycles. The van der Waals surface area contributed by atoms with Gasteiger partial charge in [0.05, 0.1) is 5.69 Å². The normalized spacial score (nSPS) is 11.4. The third kappa shape index (κ3) is 2.41. The second-order valence-corrected chi connectivity index (χ2v) is 5.50. The number of hydrogen-bond acceptors (Lipinski definition) is 2. The minimum Gasteiger partial charge on any atom is -0.381 e. The smallest absolute Gasteiger partial charge is 0.0699 e. The second-order valence-electron chi connectivity index (χ2n) is 5.50. The number of hydrogen-bond donors (Lipinski definition) is 2. The van der Waals surface area contributed by atoms with E-state index < -0.39 is 0 Å². The van der Waals surface area contributed by atoms with Crippen molar-refractivity contribution in [2.75, 3.05) is 5.32 Å². The number of H-pyrrole nitrogens is 1. The molecule has 20 heavy (non-hydrogen) atoms. The molecule has 4 heteroatoms. The summed E-state index contributed by atoms with van der Waals surface area (Å²) in [6.45, 7) is 5.16. The Kier molecular flexibility index (Phi) is 3.22. The second kappa shape index (κ2) is 5.04. The van der Waals surface area contributed by atoms with Gasteiger partial charge in [0.15, 0.2) is 0 Å². The number of nitrogens with one attached hydrogen (secondary N) is 2. The molecule has 104 valence electrons. The van der Waals surface area contributed by atoms with Crippen molar-refractivity contribution in [3.8, 4) is 0 Å². The molecule has 0 radical (unpaired) electrons. The highest BCUT2D eigenvalue weighted by Crippen LogP contribution is 2.21. The van der Waals surface area contributed by atoms with Gasteiger partial charge < -0.3 is 10.3 Å². The fourth-order valence-electron chi connectivity index (χ4n) is 2.54. The Balaban J connectivity index is 1.78. The molecule has 0 bridgehead atoms. The number of rotatable bonds is 4. The minimum absolute atomic E-state index is 0.445. The van der Waals surface area contributed by atoms with E-state index >= 15 is 0 Å². The van der Waals surface area contributed by atoms with E-state index in [2.05, 4.69) is 59.7 Å². The van der Waals surface area contributed by atoms with Crippen LogP contribution in [0, 0.1) is 0 Å². The van der Waals surface area contributed by atoms with Gasteiger partial charge in [0.1, 0.15) is 0 Å². The van der Waals surface area contributed by atoms with E-state index in [1.807, 2.05) is 17.9 Å². The van der Waals surface area contributed by atoms with Gasteiger partial charge in [-0.1, -0.05) is 13.8 Å². The average Bonchev–Trinajstić information content (AvgIpc) is 3.01. The number of benzene rings is 1. The number of aryl methyl sites for hydroxylation is 1. The van der Waals surface area contributed by atoms with Crippen LogP contribution >= 0.6 is 0 Å². The molecule has 0 aliphatic carbocycles. The third-order valence-electron chi connectivity index (χ3n) is 3.52. The predicted molar refractivity (Wildman–Crippen MR) is 82.9 cm³/mol.